The molecule has 0 radical (unpaired) electrons. The first kappa shape index (κ1) is 14.6. The summed E-state index contributed by atoms with van der Waals surface area (Å²) < 4.78 is 27.6. The number of carbonyl (C=O) groups is 1. The molecule has 0 saturated carbocycles. The Balaban J connectivity index is 2.34. The topological polar surface area (TPSA) is 96.6 Å². The van der Waals surface area contributed by atoms with Crippen molar-refractivity contribution in [1.82, 2.24) is 5.32 Å². The summed E-state index contributed by atoms with van der Waals surface area (Å²) in [5.41, 5.74) is -0.0971. The summed E-state index contributed by atoms with van der Waals surface area (Å²) in [5, 5.41) is 11.9. The lowest BCUT2D eigenvalue weighted by Gasteiger charge is -2.21. The second-order valence-electron chi connectivity index (χ2n) is 3.93. The minimum atomic E-state index is -2.63. The smallest absolute Gasteiger partial charge is 0.333 e. The van der Waals surface area contributed by atoms with Crippen molar-refractivity contribution >= 4 is 32.7 Å². The van der Waals surface area contributed by atoms with Gasteiger partial charge in [-0.3, -0.25) is 5.32 Å². The number of rotatable bonds is 4. The van der Waals surface area contributed by atoms with Crippen LogP contribution < -0.4 is 5.32 Å². The molecule has 0 spiro atoms. The molecule has 1 heterocycles. The van der Waals surface area contributed by atoms with Crippen LogP contribution in [0.4, 0.5) is 0 Å². The van der Waals surface area contributed by atoms with Gasteiger partial charge in [-0.05, 0) is 24.3 Å². The van der Waals surface area contributed by atoms with Gasteiger partial charge in [-0.2, -0.15) is 8.42 Å². The van der Waals surface area contributed by atoms with Gasteiger partial charge in [-0.15, -0.1) is 0 Å². The lowest BCUT2D eigenvalue weighted by Crippen LogP contribution is -2.42. The Morgan fingerprint density at radius 1 is 1.45 bits per heavy atom. The van der Waals surface area contributed by atoms with Crippen LogP contribution in [0, 0.1) is 0 Å². The molecule has 6 nitrogen and oxygen atoms in total. The van der Waals surface area contributed by atoms with Crippen LogP contribution in [0.1, 0.15) is 5.76 Å². The van der Waals surface area contributed by atoms with E-state index >= 15 is 0 Å². The molecule has 2 rings (SSSR count). The molecule has 8 heteroatoms. The molecular weight excluding hydrogens is 306 g/mol. The van der Waals surface area contributed by atoms with Gasteiger partial charge in [0, 0.05) is 0 Å². The van der Waals surface area contributed by atoms with Crippen molar-refractivity contribution in [3.63, 3.8) is 0 Å². The third-order valence-electron chi connectivity index (χ3n) is 2.70. The number of hydrogen-bond acceptors (Lipinski definition) is 5. The Hall–Kier alpha value is -1.83. The van der Waals surface area contributed by atoms with E-state index in [4.69, 9.17) is 21.1 Å². The molecule has 0 bridgehead atoms. The molecule has 1 aliphatic carbocycles. The van der Waals surface area contributed by atoms with Crippen LogP contribution in [0.25, 0.3) is 0 Å². The van der Waals surface area contributed by atoms with E-state index in [9.17, 15) is 13.2 Å². The predicted molar refractivity (Wildman–Crippen MR) is 72.9 cm³/mol. The summed E-state index contributed by atoms with van der Waals surface area (Å²) in [4.78, 5) is 11.0. The molecule has 1 aliphatic rings. The number of nitrogens with one attached hydrogen (secondary N) is 1. The van der Waals surface area contributed by atoms with Crippen molar-refractivity contribution < 1.29 is 22.7 Å². The Bertz CT molecular complexity index is 707. The minimum Gasteiger partial charge on any atom is -0.478 e. The zero-order valence-corrected chi connectivity index (χ0v) is 11.6. The van der Waals surface area contributed by atoms with Crippen LogP contribution in [-0.2, 0) is 21.6 Å². The quantitative estimate of drug-likeness (QED) is 0.803. The molecule has 1 aromatic heterocycles. The van der Waals surface area contributed by atoms with Crippen LogP contribution in [-0.4, -0.2) is 30.4 Å². The van der Waals surface area contributed by atoms with Crippen molar-refractivity contribution in [3.05, 3.63) is 46.9 Å². The molecule has 0 amide bonds. The maximum atomic E-state index is 11.3. The number of furan rings is 1. The maximum Gasteiger partial charge on any atom is 0.333 e. The number of aliphatic carboxylic acids is 1. The molecule has 2 N–H and O–H groups in total. The number of carboxylic acids is 1. The Labute approximate surface area is 120 Å². The fraction of sp³-hybridized carbons (Fsp3) is 0.167. The molecular formula is C12H10ClNO5S. The molecule has 106 valence electrons. The van der Waals surface area contributed by atoms with E-state index in [1.165, 1.54) is 18.4 Å². The van der Waals surface area contributed by atoms with Crippen molar-refractivity contribution in [2.75, 3.05) is 0 Å². The number of allylic oxidation sites excluding steroid dienone is 2. The number of carboxylic acid groups (broad SMARTS) is 1. The van der Waals surface area contributed by atoms with Crippen molar-refractivity contribution in [1.29, 1.82) is 0 Å². The first-order chi connectivity index (χ1) is 9.50. The fourth-order valence-corrected chi connectivity index (χ4v) is 2.80. The maximum absolute atomic E-state index is 11.3. The predicted octanol–water partition coefficient (Wildman–Crippen LogP) is 0.937. The second kappa shape index (κ2) is 6.08. The van der Waals surface area contributed by atoms with Crippen LogP contribution in [0.5, 0.6) is 0 Å². The summed E-state index contributed by atoms with van der Waals surface area (Å²) in [6.45, 7) is 0.174. The Morgan fingerprint density at radius 3 is 2.75 bits per heavy atom. The zero-order valence-electron chi connectivity index (χ0n) is 10.0. The van der Waals surface area contributed by atoms with Crippen LogP contribution >= 0.6 is 11.6 Å². The van der Waals surface area contributed by atoms with E-state index in [1.54, 1.807) is 12.1 Å². The van der Waals surface area contributed by atoms with E-state index in [-0.39, 0.29) is 22.0 Å². The van der Waals surface area contributed by atoms with Crippen LogP contribution in [0.2, 0.25) is 0 Å². The average molecular weight is 316 g/mol. The van der Waals surface area contributed by atoms with Gasteiger partial charge in [0.1, 0.15) is 10.6 Å². The molecule has 20 heavy (non-hydrogen) atoms. The van der Waals surface area contributed by atoms with Gasteiger partial charge in [0.2, 0.25) is 10.3 Å². The SMILES string of the molecule is O=C(O)C1=CC=C(Cl)C(=S(=O)=O)C1NCc1ccco1. The Morgan fingerprint density at radius 2 is 2.20 bits per heavy atom. The number of halogens is 1. The first-order valence-corrected chi connectivity index (χ1v) is 6.99. The molecule has 1 unspecified atom stereocenters. The molecule has 1 aromatic rings. The highest BCUT2D eigenvalue weighted by Gasteiger charge is 2.30. The largest absolute Gasteiger partial charge is 0.478 e. The second-order valence-corrected chi connectivity index (χ2v) is 5.25. The van der Waals surface area contributed by atoms with E-state index in [0.717, 1.165) is 0 Å². The lowest BCUT2D eigenvalue weighted by molar-refractivity contribution is -0.132. The fourth-order valence-electron chi connectivity index (χ4n) is 1.81. The normalized spacial score (nSPS) is 18.4. The summed E-state index contributed by atoms with van der Waals surface area (Å²) in [6.07, 6.45) is 4.00. The van der Waals surface area contributed by atoms with E-state index < -0.39 is 22.3 Å². The highest BCUT2D eigenvalue weighted by atomic mass is 35.5. The summed E-state index contributed by atoms with van der Waals surface area (Å²) in [6, 6.07) is 2.34. The molecule has 0 aromatic carbocycles. The van der Waals surface area contributed by atoms with E-state index in [1.807, 2.05) is 0 Å². The lowest BCUT2D eigenvalue weighted by atomic mass is 9.98. The van der Waals surface area contributed by atoms with Gasteiger partial charge in [0.05, 0.1) is 29.5 Å². The van der Waals surface area contributed by atoms with Gasteiger partial charge < -0.3 is 9.52 Å². The summed E-state index contributed by atoms with van der Waals surface area (Å²) in [7, 11) is -2.63. The number of hydrogen-bond donors (Lipinski definition) is 2. The monoisotopic (exact) mass is 315 g/mol. The Kier molecular flexibility index (Phi) is 4.43. The van der Waals surface area contributed by atoms with Crippen molar-refractivity contribution in [3.8, 4) is 0 Å². The van der Waals surface area contributed by atoms with Gasteiger partial charge in [-0.25, -0.2) is 4.79 Å². The standard InChI is InChI=1S/C12H10ClNO5S/c13-9-4-3-8(12(15)16)10(11(9)20(17)18)14-6-7-2-1-5-19-7/h1-5,10,14H,6H2,(H,15,16). The zero-order chi connectivity index (χ0) is 14.7. The van der Waals surface area contributed by atoms with Gasteiger partial charge >= 0.3 is 5.97 Å². The third-order valence-corrected chi connectivity index (χ3v) is 3.96. The van der Waals surface area contributed by atoms with E-state index in [0.29, 0.717) is 5.76 Å². The average Bonchev–Trinajstić information content (AvgIpc) is 2.88. The highest BCUT2D eigenvalue weighted by Crippen LogP contribution is 2.20. The third kappa shape index (κ3) is 3.01. The minimum absolute atomic E-state index is 0.0136. The van der Waals surface area contributed by atoms with Crippen molar-refractivity contribution in [2.45, 2.75) is 12.6 Å². The summed E-state index contributed by atoms with van der Waals surface area (Å²) >= 11 is 5.83. The van der Waals surface area contributed by atoms with Crippen molar-refractivity contribution in [2.24, 2.45) is 0 Å². The van der Waals surface area contributed by atoms with Crippen LogP contribution in [0.15, 0.2) is 45.6 Å². The molecule has 1 atom stereocenters. The van der Waals surface area contributed by atoms with Crippen LogP contribution in [0.3, 0.4) is 0 Å². The first-order valence-electron chi connectivity index (χ1n) is 5.53. The molecule has 0 saturated heterocycles. The van der Waals surface area contributed by atoms with E-state index in [2.05, 4.69) is 5.32 Å². The highest BCUT2D eigenvalue weighted by molar-refractivity contribution is 7.73. The summed E-state index contributed by atoms with van der Waals surface area (Å²) in [5.74, 6) is -0.665. The molecule has 0 aliphatic heterocycles. The van der Waals surface area contributed by atoms with Gasteiger partial charge in [0.25, 0.3) is 0 Å². The molecule has 0 fully saturated rings. The van der Waals surface area contributed by atoms with Gasteiger partial charge in [0.15, 0.2) is 0 Å². The van der Waals surface area contributed by atoms with Gasteiger partial charge in [-0.1, -0.05) is 11.6 Å².